The van der Waals surface area contributed by atoms with Gasteiger partial charge >= 0.3 is 0 Å². The number of rotatable bonds is 6. The number of nitrogen functional groups attached to an aromatic ring is 1. The summed E-state index contributed by atoms with van der Waals surface area (Å²) >= 11 is 5.32. The zero-order chi connectivity index (χ0) is 24.1. The van der Waals surface area contributed by atoms with Crippen molar-refractivity contribution in [2.45, 2.75) is 55.6 Å². The van der Waals surface area contributed by atoms with Crippen LogP contribution in [0.15, 0.2) is 33.0 Å². The Bertz CT molecular complexity index is 1290. The Labute approximate surface area is 217 Å². The molecule has 6 rings (SSSR count). The smallest absolute Gasteiger partial charge is 0.225 e. The van der Waals surface area contributed by atoms with E-state index >= 15 is 0 Å². The van der Waals surface area contributed by atoms with Gasteiger partial charge in [-0.25, -0.2) is 15.0 Å². The van der Waals surface area contributed by atoms with Gasteiger partial charge in [0.15, 0.2) is 22.1 Å². The van der Waals surface area contributed by atoms with Gasteiger partial charge in [-0.1, -0.05) is 18.7 Å². The summed E-state index contributed by atoms with van der Waals surface area (Å²) in [4.78, 5) is 29.2. The highest BCUT2D eigenvalue weighted by Gasteiger charge is 2.42. The lowest BCUT2D eigenvalue weighted by Crippen LogP contribution is -2.39. The maximum absolute atomic E-state index is 12.6. The summed E-state index contributed by atoms with van der Waals surface area (Å²) in [5, 5.41) is 0.848. The van der Waals surface area contributed by atoms with E-state index < -0.39 is 0 Å². The van der Waals surface area contributed by atoms with Crippen molar-refractivity contribution in [3.8, 4) is 5.75 Å². The molecule has 4 heterocycles. The Morgan fingerprint density at radius 1 is 1.29 bits per heavy atom. The average Bonchev–Trinajstić information content (AvgIpc) is 3.24. The molecule has 1 amide bonds. The Kier molecular flexibility index (Phi) is 6.12. The maximum Gasteiger partial charge on any atom is 0.225 e. The fourth-order valence-corrected chi connectivity index (χ4v) is 6.80. The third-order valence-corrected chi connectivity index (χ3v) is 9.55. The second-order valence-electron chi connectivity index (χ2n) is 9.94. The number of aryl methyl sites for hydroxylation is 1. The quantitative estimate of drug-likeness (QED) is 0.475. The van der Waals surface area contributed by atoms with Gasteiger partial charge in [-0.05, 0) is 71.1 Å². The summed E-state index contributed by atoms with van der Waals surface area (Å²) in [7, 11) is 0. The number of carbonyl (C=O) groups is 1. The van der Waals surface area contributed by atoms with Crippen molar-refractivity contribution >= 4 is 50.6 Å². The lowest BCUT2D eigenvalue weighted by Gasteiger charge is -2.32. The van der Waals surface area contributed by atoms with Crippen LogP contribution in [0.4, 0.5) is 5.82 Å². The van der Waals surface area contributed by atoms with Crippen LogP contribution < -0.4 is 10.5 Å². The topological polar surface area (TPSA) is 99.2 Å². The van der Waals surface area contributed by atoms with Crippen LogP contribution in [0.2, 0.25) is 0 Å². The summed E-state index contributed by atoms with van der Waals surface area (Å²) in [5.41, 5.74) is 8.79. The summed E-state index contributed by atoms with van der Waals surface area (Å²) in [6, 6.07) is 4.23. The first-order valence-corrected chi connectivity index (χ1v) is 14.0. The highest BCUT2D eigenvalue weighted by atomic mass is 79.9. The van der Waals surface area contributed by atoms with Crippen molar-refractivity contribution in [1.29, 1.82) is 0 Å². The number of anilines is 1. The molecule has 2 fully saturated rings. The Hall–Kier alpha value is -2.33. The minimum Gasteiger partial charge on any atom is -0.493 e. The number of amides is 1. The van der Waals surface area contributed by atoms with E-state index in [-0.39, 0.29) is 5.92 Å². The molecule has 184 valence electrons. The monoisotopic (exact) mass is 556 g/mol. The third kappa shape index (κ3) is 4.50. The van der Waals surface area contributed by atoms with Crippen molar-refractivity contribution < 1.29 is 9.53 Å². The van der Waals surface area contributed by atoms with Crippen molar-refractivity contribution in [2.24, 2.45) is 17.8 Å². The molecule has 0 spiro atoms. The van der Waals surface area contributed by atoms with Crippen LogP contribution >= 0.6 is 27.7 Å². The van der Waals surface area contributed by atoms with Crippen LogP contribution in [0.25, 0.3) is 11.2 Å². The molecular formula is C25H29BrN6O2S. The van der Waals surface area contributed by atoms with Crippen LogP contribution in [-0.2, 0) is 17.8 Å². The number of piperidine rings is 1. The fraction of sp³-hybridized carbons (Fsp3) is 0.520. The average molecular weight is 558 g/mol. The molecule has 2 unspecified atom stereocenters. The van der Waals surface area contributed by atoms with Crippen LogP contribution in [0, 0.1) is 17.8 Å². The molecule has 0 bridgehead atoms. The first-order valence-electron chi connectivity index (χ1n) is 12.4. The number of carbonyl (C=O) groups excluding carboxylic acids is 1. The van der Waals surface area contributed by atoms with E-state index in [0.717, 1.165) is 84.3 Å². The Morgan fingerprint density at radius 2 is 2.09 bits per heavy atom. The number of nitrogens with zero attached hydrogens (tertiary/aromatic N) is 5. The Balaban J connectivity index is 1.19. The Morgan fingerprint density at radius 3 is 2.86 bits per heavy atom. The molecule has 2 aliphatic heterocycles. The van der Waals surface area contributed by atoms with Crippen molar-refractivity contribution in [3.63, 3.8) is 0 Å². The van der Waals surface area contributed by atoms with Crippen molar-refractivity contribution in [2.75, 3.05) is 25.4 Å². The number of nitrogens with two attached hydrogens (primary N) is 1. The number of hydrogen-bond donors (Lipinski definition) is 1. The van der Waals surface area contributed by atoms with Crippen LogP contribution in [-0.4, -0.2) is 50.0 Å². The molecule has 2 N–H and O–H groups in total. The third-order valence-electron chi connectivity index (χ3n) is 7.58. The molecule has 3 aromatic rings. The van der Waals surface area contributed by atoms with Gasteiger partial charge in [0, 0.05) is 41.3 Å². The van der Waals surface area contributed by atoms with E-state index in [2.05, 4.69) is 54.4 Å². The highest BCUT2D eigenvalue weighted by molar-refractivity contribution is 9.10. The SMILES string of the molecule is CC1CC1C(=O)N1CCC(CCn2c(Sc3cc4c(cc3Br)CCO4)nc3c(N)ncnc32)CC1. The molecule has 10 heteroatoms. The molecule has 3 aliphatic rings. The van der Waals surface area contributed by atoms with E-state index in [9.17, 15) is 4.79 Å². The predicted octanol–water partition coefficient (Wildman–Crippen LogP) is 4.54. The molecule has 1 saturated carbocycles. The normalized spacial score (nSPS) is 21.8. The van der Waals surface area contributed by atoms with Crippen molar-refractivity contribution in [3.05, 3.63) is 28.5 Å². The van der Waals surface area contributed by atoms with E-state index in [1.54, 1.807) is 11.8 Å². The summed E-state index contributed by atoms with van der Waals surface area (Å²) < 4.78 is 8.99. The highest BCUT2D eigenvalue weighted by Crippen LogP contribution is 2.41. The number of ether oxygens (including phenoxy) is 1. The first-order chi connectivity index (χ1) is 17.0. The molecule has 8 nitrogen and oxygen atoms in total. The van der Waals surface area contributed by atoms with E-state index in [4.69, 9.17) is 15.5 Å². The van der Waals surface area contributed by atoms with Gasteiger partial charge in [0.2, 0.25) is 5.91 Å². The molecule has 2 atom stereocenters. The van der Waals surface area contributed by atoms with Gasteiger partial charge in [-0.2, -0.15) is 0 Å². The lowest BCUT2D eigenvalue weighted by molar-refractivity contribution is -0.134. The minimum absolute atomic E-state index is 0.275. The zero-order valence-electron chi connectivity index (χ0n) is 19.7. The van der Waals surface area contributed by atoms with E-state index in [1.165, 1.54) is 11.9 Å². The van der Waals surface area contributed by atoms with E-state index in [0.29, 0.717) is 29.1 Å². The van der Waals surface area contributed by atoms with Gasteiger partial charge in [0.1, 0.15) is 12.1 Å². The number of imidazole rings is 1. The second-order valence-corrected chi connectivity index (χ2v) is 11.8. The van der Waals surface area contributed by atoms with Gasteiger partial charge in [0.05, 0.1) is 6.61 Å². The number of hydrogen-bond acceptors (Lipinski definition) is 7. The molecule has 1 aromatic carbocycles. The molecule has 1 saturated heterocycles. The standard InChI is InChI=1S/C25H29BrN6O2S/c1-14-10-17(14)24(33)31-6-2-15(3-7-31)4-8-32-23-21(22(27)28-13-29-23)30-25(32)35-20-12-19-16(5-9-34-19)11-18(20)26/h11-15,17H,2-10H2,1H3,(H2,27,28,29). The number of likely N-dealkylation sites (tertiary alicyclic amines) is 1. The number of fused-ring (bicyclic) bond motifs is 2. The summed E-state index contributed by atoms with van der Waals surface area (Å²) in [5.74, 6) is 3.12. The second kappa shape index (κ2) is 9.28. The van der Waals surface area contributed by atoms with Gasteiger partial charge in [-0.15, -0.1) is 0 Å². The largest absolute Gasteiger partial charge is 0.493 e. The number of aromatic nitrogens is 4. The number of benzene rings is 1. The summed E-state index contributed by atoms with van der Waals surface area (Å²) in [6.45, 7) is 5.44. The van der Waals surface area contributed by atoms with Crippen LogP contribution in [0.5, 0.6) is 5.75 Å². The lowest BCUT2D eigenvalue weighted by atomic mass is 9.93. The minimum atomic E-state index is 0.275. The fourth-order valence-electron chi connectivity index (χ4n) is 5.22. The van der Waals surface area contributed by atoms with Gasteiger partial charge in [-0.3, -0.25) is 4.79 Å². The molecule has 1 aliphatic carbocycles. The van der Waals surface area contributed by atoms with Gasteiger partial charge < -0.3 is 19.9 Å². The van der Waals surface area contributed by atoms with Crippen LogP contribution in [0.1, 0.15) is 38.2 Å². The molecular weight excluding hydrogens is 528 g/mol. The van der Waals surface area contributed by atoms with E-state index in [1.807, 2.05) is 0 Å². The molecule has 35 heavy (non-hydrogen) atoms. The molecule has 2 aromatic heterocycles. The predicted molar refractivity (Wildman–Crippen MR) is 138 cm³/mol. The first kappa shape index (κ1) is 23.1. The summed E-state index contributed by atoms with van der Waals surface area (Å²) in [6.07, 6.45) is 6.61. The van der Waals surface area contributed by atoms with Crippen LogP contribution in [0.3, 0.4) is 0 Å². The van der Waals surface area contributed by atoms with Gasteiger partial charge in [0.25, 0.3) is 0 Å². The zero-order valence-corrected chi connectivity index (χ0v) is 22.1. The number of halogens is 1. The molecule has 0 radical (unpaired) electrons. The van der Waals surface area contributed by atoms with Crippen molar-refractivity contribution in [1.82, 2.24) is 24.4 Å². The maximum atomic E-state index is 12.6.